The molecule has 0 heterocycles. The quantitative estimate of drug-likeness (QED) is 0.442. The first kappa shape index (κ1) is 26.2. The molecule has 0 saturated heterocycles. The maximum absolute atomic E-state index is 14.0. The van der Waals surface area contributed by atoms with Crippen LogP contribution in [0.25, 0.3) is 0 Å². The summed E-state index contributed by atoms with van der Waals surface area (Å²) in [5.41, 5.74) is -1.60. The summed E-state index contributed by atoms with van der Waals surface area (Å²) in [6, 6.07) is 0. The molecule has 4 rings (SSSR count). The first-order valence-corrected chi connectivity index (χ1v) is 14.3. The number of ketones is 1. The zero-order valence-corrected chi connectivity index (χ0v) is 22.9. The zero-order valence-electron chi connectivity index (χ0n) is 22.9. The standard InChI is InChI=1S/C30H50O4/c1-18(2)19(3)8-9-20(4)24-12-13-25-26-11-10-22-16-23(34-21(5)31)14-15-29(22,7)30(26,33)27(32)17-28(24,25)6/h18-20,22-26,33H,8-17H2,1-7H3/t19-,20+,22-,23?,24?,25?,26?,28?,29?,30-/m0/s1. The van der Waals surface area contributed by atoms with Gasteiger partial charge in [0.2, 0.25) is 0 Å². The minimum absolute atomic E-state index is 0.0204. The first-order chi connectivity index (χ1) is 15.8. The second-order valence-corrected chi connectivity index (χ2v) is 13.7. The third kappa shape index (κ3) is 3.98. The van der Waals surface area contributed by atoms with Crippen molar-refractivity contribution >= 4 is 11.8 Å². The summed E-state index contributed by atoms with van der Waals surface area (Å²) in [5, 5.41) is 12.3. The highest BCUT2D eigenvalue weighted by atomic mass is 16.5. The van der Waals surface area contributed by atoms with Crippen LogP contribution in [0.3, 0.4) is 0 Å². The Morgan fingerprint density at radius 1 is 1.03 bits per heavy atom. The van der Waals surface area contributed by atoms with Crippen molar-refractivity contribution in [1.29, 1.82) is 0 Å². The van der Waals surface area contributed by atoms with Gasteiger partial charge < -0.3 is 9.84 Å². The normalized spacial score (nSPS) is 45.8. The van der Waals surface area contributed by atoms with Crippen molar-refractivity contribution in [3.8, 4) is 0 Å². The van der Waals surface area contributed by atoms with Gasteiger partial charge in [-0.25, -0.2) is 0 Å². The molecule has 0 radical (unpaired) electrons. The fourth-order valence-electron chi connectivity index (χ4n) is 9.36. The van der Waals surface area contributed by atoms with Crippen LogP contribution in [0.5, 0.6) is 0 Å². The van der Waals surface area contributed by atoms with Crippen LogP contribution in [0.1, 0.15) is 113 Å². The van der Waals surface area contributed by atoms with Gasteiger partial charge in [0.1, 0.15) is 11.7 Å². The smallest absolute Gasteiger partial charge is 0.302 e. The molecule has 0 aliphatic heterocycles. The van der Waals surface area contributed by atoms with Gasteiger partial charge >= 0.3 is 5.97 Å². The number of carbonyl (C=O) groups is 2. The van der Waals surface area contributed by atoms with E-state index < -0.39 is 11.0 Å². The van der Waals surface area contributed by atoms with E-state index in [1.165, 1.54) is 26.2 Å². The Labute approximate surface area is 208 Å². The van der Waals surface area contributed by atoms with Crippen molar-refractivity contribution in [3.63, 3.8) is 0 Å². The van der Waals surface area contributed by atoms with E-state index >= 15 is 0 Å². The van der Waals surface area contributed by atoms with E-state index in [2.05, 4.69) is 41.5 Å². The van der Waals surface area contributed by atoms with Crippen molar-refractivity contribution < 1.29 is 19.4 Å². The van der Waals surface area contributed by atoms with Crippen LogP contribution < -0.4 is 0 Å². The van der Waals surface area contributed by atoms with Gasteiger partial charge in [0.25, 0.3) is 0 Å². The summed E-state index contributed by atoms with van der Waals surface area (Å²) in [5.74, 6) is 3.32. The molecule has 34 heavy (non-hydrogen) atoms. The maximum Gasteiger partial charge on any atom is 0.302 e. The fourth-order valence-corrected chi connectivity index (χ4v) is 9.36. The number of hydrogen-bond donors (Lipinski definition) is 1. The van der Waals surface area contributed by atoms with Gasteiger partial charge in [-0.3, -0.25) is 9.59 Å². The molecular formula is C30H50O4. The van der Waals surface area contributed by atoms with Crippen LogP contribution in [0, 0.1) is 52.3 Å². The lowest BCUT2D eigenvalue weighted by atomic mass is 9.41. The molecule has 4 saturated carbocycles. The molecular weight excluding hydrogens is 424 g/mol. The second-order valence-electron chi connectivity index (χ2n) is 13.7. The summed E-state index contributed by atoms with van der Waals surface area (Å²) in [6.45, 7) is 15.5. The number of esters is 1. The molecule has 4 fully saturated rings. The summed E-state index contributed by atoms with van der Waals surface area (Å²) >= 11 is 0. The molecule has 194 valence electrons. The van der Waals surface area contributed by atoms with E-state index in [0.29, 0.717) is 24.2 Å². The van der Waals surface area contributed by atoms with Gasteiger partial charge in [-0.05, 0) is 91.8 Å². The Hall–Kier alpha value is -0.900. The number of fused-ring (bicyclic) bond motifs is 5. The van der Waals surface area contributed by atoms with Gasteiger partial charge in [-0.15, -0.1) is 0 Å². The number of carbonyl (C=O) groups excluding carboxylic acids is 2. The molecule has 0 aromatic heterocycles. The van der Waals surface area contributed by atoms with E-state index in [1.807, 2.05) is 0 Å². The highest BCUT2D eigenvalue weighted by molar-refractivity contribution is 5.90. The van der Waals surface area contributed by atoms with Crippen molar-refractivity contribution in [2.45, 2.75) is 124 Å². The SMILES string of the molecule is CC(=O)OC1CCC2(C)[C@@H](CCC3C4CCC([C@H](C)CC[C@H](C)C(C)C)C4(C)CC(=O)[C@@]32O)C1. The van der Waals surface area contributed by atoms with Crippen LogP contribution in [0.2, 0.25) is 0 Å². The van der Waals surface area contributed by atoms with Crippen LogP contribution >= 0.6 is 0 Å². The van der Waals surface area contributed by atoms with Crippen molar-refractivity contribution in [2.24, 2.45) is 52.3 Å². The van der Waals surface area contributed by atoms with Crippen LogP contribution in [0.4, 0.5) is 0 Å². The van der Waals surface area contributed by atoms with Crippen molar-refractivity contribution in [3.05, 3.63) is 0 Å². The van der Waals surface area contributed by atoms with Crippen molar-refractivity contribution in [2.75, 3.05) is 0 Å². The van der Waals surface area contributed by atoms with Crippen LogP contribution in [-0.2, 0) is 14.3 Å². The summed E-state index contributed by atoms with van der Waals surface area (Å²) in [7, 11) is 0. The molecule has 0 amide bonds. The first-order valence-electron chi connectivity index (χ1n) is 14.3. The Bertz CT molecular complexity index is 791. The van der Waals surface area contributed by atoms with E-state index in [1.54, 1.807) is 0 Å². The Kier molecular flexibility index (Phi) is 7.08. The molecule has 0 aromatic rings. The highest BCUT2D eigenvalue weighted by Crippen LogP contribution is 2.69. The average molecular weight is 475 g/mol. The van der Waals surface area contributed by atoms with Gasteiger partial charge in [0, 0.05) is 18.8 Å². The van der Waals surface area contributed by atoms with Gasteiger partial charge in [-0.1, -0.05) is 54.4 Å². The van der Waals surface area contributed by atoms with Crippen LogP contribution in [-0.4, -0.2) is 28.6 Å². The minimum atomic E-state index is -1.22. The Morgan fingerprint density at radius 3 is 2.35 bits per heavy atom. The lowest BCUT2D eigenvalue weighted by Crippen LogP contribution is -2.70. The third-order valence-corrected chi connectivity index (χ3v) is 11.8. The van der Waals surface area contributed by atoms with Gasteiger partial charge in [0.15, 0.2) is 5.78 Å². The molecule has 4 heteroatoms. The molecule has 0 spiro atoms. The second kappa shape index (κ2) is 9.20. The number of hydrogen-bond acceptors (Lipinski definition) is 4. The average Bonchev–Trinajstić information content (AvgIpc) is 3.09. The van der Waals surface area contributed by atoms with Crippen LogP contribution in [0.15, 0.2) is 0 Å². The topological polar surface area (TPSA) is 63.6 Å². The lowest BCUT2D eigenvalue weighted by Gasteiger charge is -2.64. The molecule has 1 N–H and O–H groups in total. The Balaban J connectivity index is 1.54. The Morgan fingerprint density at radius 2 is 1.71 bits per heavy atom. The summed E-state index contributed by atoms with van der Waals surface area (Å²) in [4.78, 5) is 25.5. The summed E-state index contributed by atoms with van der Waals surface area (Å²) in [6.07, 6.45) is 9.61. The largest absolute Gasteiger partial charge is 0.463 e. The molecule has 4 aliphatic rings. The molecule has 0 bridgehead atoms. The summed E-state index contributed by atoms with van der Waals surface area (Å²) < 4.78 is 5.56. The molecule has 10 atom stereocenters. The van der Waals surface area contributed by atoms with E-state index in [9.17, 15) is 14.7 Å². The predicted octanol–water partition coefficient (Wildman–Crippen LogP) is 6.58. The molecule has 4 nitrogen and oxygen atoms in total. The minimum Gasteiger partial charge on any atom is -0.463 e. The molecule has 4 aliphatic carbocycles. The van der Waals surface area contributed by atoms with E-state index in [4.69, 9.17) is 4.74 Å². The third-order valence-electron chi connectivity index (χ3n) is 11.8. The zero-order chi connectivity index (χ0) is 25.1. The van der Waals surface area contributed by atoms with Gasteiger partial charge in [-0.2, -0.15) is 0 Å². The highest BCUT2D eigenvalue weighted by Gasteiger charge is 2.70. The van der Waals surface area contributed by atoms with Gasteiger partial charge in [0.05, 0.1) is 0 Å². The van der Waals surface area contributed by atoms with E-state index in [-0.39, 0.29) is 35.1 Å². The number of Topliss-reactive ketones (excluding diaryl/α,β-unsaturated/α-hetero) is 1. The molecule has 0 aromatic carbocycles. The maximum atomic E-state index is 14.0. The lowest BCUT2D eigenvalue weighted by molar-refractivity contribution is -0.230. The fraction of sp³-hybridized carbons (Fsp3) is 0.933. The number of ether oxygens (including phenoxy) is 1. The van der Waals surface area contributed by atoms with E-state index in [0.717, 1.165) is 50.4 Å². The van der Waals surface area contributed by atoms with Crippen molar-refractivity contribution in [1.82, 2.24) is 0 Å². The predicted molar refractivity (Wildman–Crippen MR) is 135 cm³/mol. The number of rotatable bonds is 6. The molecule has 6 unspecified atom stereocenters. The monoisotopic (exact) mass is 474 g/mol. The number of aliphatic hydroxyl groups is 1.